The Morgan fingerprint density at radius 3 is 2.96 bits per heavy atom. The largest absolute Gasteiger partial charge is 0.483 e. The van der Waals surface area contributed by atoms with Gasteiger partial charge in [0.05, 0.1) is 12.4 Å². The second kappa shape index (κ2) is 6.86. The number of aliphatic hydroxyl groups is 1. The highest BCUT2D eigenvalue weighted by molar-refractivity contribution is 6.31. The lowest BCUT2D eigenvalue weighted by molar-refractivity contribution is 0.0736. The lowest BCUT2D eigenvalue weighted by Gasteiger charge is -2.16. The topological polar surface area (TPSA) is 50.5 Å². The number of benzene rings is 1. The van der Waals surface area contributed by atoms with E-state index in [1.807, 2.05) is 7.05 Å². The summed E-state index contributed by atoms with van der Waals surface area (Å²) in [6.07, 6.45) is 2.99. The van der Waals surface area contributed by atoms with Crippen LogP contribution in [0.4, 0.5) is 4.39 Å². The highest BCUT2D eigenvalue weighted by Gasteiger charge is 2.33. The van der Waals surface area contributed by atoms with Crippen LogP contribution in [0.3, 0.4) is 0 Å². The molecule has 23 heavy (non-hydrogen) atoms. The van der Waals surface area contributed by atoms with E-state index < -0.39 is 6.10 Å². The predicted molar refractivity (Wildman–Crippen MR) is 85.2 cm³/mol. The minimum Gasteiger partial charge on any atom is -0.483 e. The number of aliphatic hydroxyl groups excluding tert-OH is 1. The van der Waals surface area contributed by atoms with Crippen LogP contribution in [-0.4, -0.2) is 51.6 Å². The van der Waals surface area contributed by atoms with Crippen molar-refractivity contribution in [3.8, 4) is 5.75 Å². The van der Waals surface area contributed by atoms with E-state index in [1.165, 1.54) is 6.07 Å². The number of ether oxygens (including phenoxy) is 1. The van der Waals surface area contributed by atoms with E-state index in [1.54, 1.807) is 29.2 Å². The maximum Gasteiger partial charge on any atom is 0.157 e. The molecule has 1 aromatic heterocycles. The number of β-amino-alcohol motifs (C(OH)–C–C–N with tert-alkyl or cyclic N) is 1. The fourth-order valence-electron chi connectivity index (χ4n) is 2.81. The summed E-state index contributed by atoms with van der Waals surface area (Å²) in [7, 11) is 1.81. The molecule has 1 fully saturated rings. The predicted octanol–water partition coefficient (Wildman–Crippen LogP) is 1.88. The number of hydrogen-bond donors (Lipinski definition) is 1. The number of halogens is 2. The Balaban J connectivity index is 1.56. The zero-order valence-corrected chi connectivity index (χ0v) is 13.6. The summed E-state index contributed by atoms with van der Waals surface area (Å²) in [6.45, 7) is 1.70. The molecular formula is C16H19ClFN3O2. The van der Waals surface area contributed by atoms with Crippen LogP contribution < -0.4 is 4.74 Å². The summed E-state index contributed by atoms with van der Waals surface area (Å²) in [5.41, 5.74) is 0.514. The molecule has 7 heteroatoms. The summed E-state index contributed by atoms with van der Waals surface area (Å²) in [4.78, 5) is 2.05. The van der Waals surface area contributed by atoms with Crippen LogP contribution in [0.5, 0.6) is 5.75 Å². The van der Waals surface area contributed by atoms with Gasteiger partial charge in [-0.15, -0.1) is 0 Å². The molecule has 124 valence electrons. The summed E-state index contributed by atoms with van der Waals surface area (Å²) in [6, 6.07) is 4.69. The average molecular weight is 340 g/mol. The van der Waals surface area contributed by atoms with E-state index >= 15 is 0 Å². The summed E-state index contributed by atoms with van der Waals surface area (Å²) < 4.78 is 21.2. The molecule has 2 aromatic rings. The molecule has 0 amide bonds. The molecule has 0 saturated carbocycles. The van der Waals surface area contributed by atoms with Crippen molar-refractivity contribution >= 4 is 11.6 Å². The minimum atomic E-state index is -0.578. The quantitative estimate of drug-likeness (QED) is 0.903. The molecule has 1 N–H and O–H groups in total. The van der Waals surface area contributed by atoms with Gasteiger partial charge in [-0.2, -0.15) is 5.10 Å². The first-order valence-corrected chi connectivity index (χ1v) is 7.89. The normalized spacial score (nSPS) is 21.7. The molecule has 0 unspecified atom stereocenters. The first-order valence-electron chi connectivity index (χ1n) is 7.51. The lowest BCUT2D eigenvalue weighted by Crippen LogP contribution is -2.30. The first kappa shape index (κ1) is 16.2. The van der Waals surface area contributed by atoms with E-state index in [0.29, 0.717) is 42.4 Å². The Bertz CT molecular complexity index is 659. The fraction of sp³-hybridized carbons (Fsp3) is 0.438. The van der Waals surface area contributed by atoms with Crippen molar-refractivity contribution in [3.05, 3.63) is 47.0 Å². The molecule has 0 aliphatic carbocycles. The fourth-order valence-corrected chi connectivity index (χ4v) is 3.06. The number of hydrogen-bond acceptors (Lipinski definition) is 4. The van der Waals surface area contributed by atoms with E-state index in [2.05, 4.69) is 10.00 Å². The Morgan fingerprint density at radius 1 is 1.43 bits per heavy atom. The Labute approximate surface area is 139 Å². The smallest absolute Gasteiger partial charge is 0.157 e. The monoisotopic (exact) mass is 339 g/mol. The summed E-state index contributed by atoms with van der Waals surface area (Å²) >= 11 is 6.04. The van der Waals surface area contributed by atoms with Gasteiger partial charge in [0, 0.05) is 37.3 Å². The van der Waals surface area contributed by atoms with Gasteiger partial charge in [0.1, 0.15) is 18.0 Å². The summed E-state index contributed by atoms with van der Waals surface area (Å²) in [5, 5.41) is 14.6. The van der Waals surface area contributed by atoms with Crippen molar-refractivity contribution in [3.63, 3.8) is 0 Å². The molecule has 2 atom stereocenters. The maximum absolute atomic E-state index is 13.8. The van der Waals surface area contributed by atoms with Crippen LogP contribution in [0.25, 0.3) is 0 Å². The summed E-state index contributed by atoms with van der Waals surface area (Å²) in [5.74, 6) is 0.343. The standard InChI is InChI=1S/C16H19ClFN3O2/c1-20-8-11(7-19-20)23-16-10-21(9-15(16)22)6-5-12-13(17)3-2-4-14(12)18/h2-4,7-8,15-16,22H,5-6,9-10H2,1H3/t15-,16-/m1/s1. The molecule has 3 rings (SSSR count). The number of nitrogens with zero attached hydrogens (tertiary/aromatic N) is 3. The van der Waals surface area contributed by atoms with Gasteiger partial charge in [-0.3, -0.25) is 9.58 Å². The Morgan fingerprint density at radius 2 is 2.26 bits per heavy atom. The minimum absolute atomic E-state index is 0.291. The Kier molecular flexibility index (Phi) is 4.84. The van der Waals surface area contributed by atoms with Crippen LogP contribution in [0.2, 0.25) is 5.02 Å². The molecule has 5 nitrogen and oxygen atoms in total. The number of aryl methyl sites for hydroxylation is 1. The molecule has 1 aliphatic rings. The van der Waals surface area contributed by atoms with E-state index in [9.17, 15) is 9.50 Å². The molecular weight excluding hydrogens is 321 g/mol. The number of likely N-dealkylation sites (tertiary alicyclic amines) is 1. The van der Waals surface area contributed by atoms with Crippen LogP contribution in [0.15, 0.2) is 30.6 Å². The van der Waals surface area contributed by atoms with Gasteiger partial charge >= 0.3 is 0 Å². The van der Waals surface area contributed by atoms with Crippen molar-refractivity contribution in [2.24, 2.45) is 7.05 Å². The lowest BCUT2D eigenvalue weighted by atomic mass is 10.1. The van der Waals surface area contributed by atoms with Crippen LogP contribution in [0, 0.1) is 5.82 Å². The van der Waals surface area contributed by atoms with Crippen molar-refractivity contribution in [1.29, 1.82) is 0 Å². The third-order valence-electron chi connectivity index (χ3n) is 4.02. The van der Waals surface area contributed by atoms with Gasteiger partial charge in [0.15, 0.2) is 5.75 Å². The molecule has 0 bridgehead atoms. The molecule has 0 spiro atoms. The van der Waals surface area contributed by atoms with Gasteiger partial charge in [-0.1, -0.05) is 17.7 Å². The molecule has 1 saturated heterocycles. The van der Waals surface area contributed by atoms with Crippen molar-refractivity contribution < 1.29 is 14.2 Å². The second-order valence-corrected chi connectivity index (χ2v) is 6.19. The third kappa shape index (κ3) is 3.83. The molecule has 2 heterocycles. The van der Waals surface area contributed by atoms with Crippen molar-refractivity contribution in [2.75, 3.05) is 19.6 Å². The third-order valence-corrected chi connectivity index (χ3v) is 4.38. The van der Waals surface area contributed by atoms with E-state index in [-0.39, 0.29) is 11.9 Å². The van der Waals surface area contributed by atoms with Crippen LogP contribution in [-0.2, 0) is 13.5 Å². The zero-order chi connectivity index (χ0) is 16.4. The first-order chi connectivity index (χ1) is 11.0. The number of rotatable bonds is 5. The molecule has 0 radical (unpaired) electrons. The highest BCUT2D eigenvalue weighted by Crippen LogP contribution is 2.22. The molecule has 1 aromatic carbocycles. The van der Waals surface area contributed by atoms with Crippen molar-refractivity contribution in [1.82, 2.24) is 14.7 Å². The Hall–Kier alpha value is -1.63. The van der Waals surface area contributed by atoms with Gasteiger partial charge < -0.3 is 9.84 Å². The zero-order valence-electron chi connectivity index (χ0n) is 12.8. The maximum atomic E-state index is 13.8. The van der Waals surface area contributed by atoms with Crippen molar-refractivity contribution in [2.45, 2.75) is 18.6 Å². The van der Waals surface area contributed by atoms with Gasteiger partial charge in [0.2, 0.25) is 0 Å². The van der Waals surface area contributed by atoms with Crippen LogP contribution >= 0.6 is 11.6 Å². The SMILES string of the molecule is Cn1cc(O[C@@H]2CN(CCc3c(F)cccc3Cl)C[C@H]2O)cn1. The molecule has 1 aliphatic heterocycles. The van der Waals surface area contributed by atoms with E-state index in [4.69, 9.17) is 16.3 Å². The van der Waals surface area contributed by atoms with Crippen LogP contribution in [0.1, 0.15) is 5.56 Å². The second-order valence-electron chi connectivity index (χ2n) is 5.78. The van der Waals surface area contributed by atoms with Gasteiger partial charge in [-0.05, 0) is 18.6 Å². The number of aromatic nitrogens is 2. The van der Waals surface area contributed by atoms with E-state index in [0.717, 1.165) is 0 Å². The van der Waals surface area contributed by atoms with Gasteiger partial charge in [0.25, 0.3) is 0 Å². The average Bonchev–Trinajstić information content (AvgIpc) is 3.05. The van der Waals surface area contributed by atoms with Gasteiger partial charge in [-0.25, -0.2) is 4.39 Å². The highest BCUT2D eigenvalue weighted by atomic mass is 35.5.